The van der Waals surface area contributed by atoms with Gasteiger partial charge in [0.25, 0.3) is 5.91 Å². The van der Waals surface area contributed by atoms with Gasteiger partial charge in [0, 0.05) is 24.1 Å². The predicted molar refractivity (Wildman–Crippen MR) is 101 cm³/mol. The molecule has 2 N–H and O–H groups in total. The standard InChI is InChI=1S/C21H21N3O/c1-15-5-3-7-17(11-15)14-23-21(25)20-13-19(9-10-22-20)24-18-8-4-6-16(2)12-18/h3-13H,14H2,1-2H3,(H,22,24)(H,23,25). The SMILES string of the molecule is Cc1cccc(CNC(=O)c2cc(Nc3cccc(C)c3)ccn2)c1. The van der Waals surface area contributed by atoms with Gasteiger partial charge >= 0.3 is 0 Å². The van der Waals surface area contributed by atoms with E-state index in [4.69, 9.17) is 0 Å². The Morgan fingerprint density at radius 2 is 1.64 bits per heavy atom. The minimum atomic E-state index is -0.186. The molecule has 0 aliphatic carbocycles. The smallest absolute Gasteiger partial charge is 0.270 e. The fraction of sp³-hybridized carbons (Fsp3) is 0.143. The van der Waals surface area contributed by atoms with Crippen molar-refractivity contribution in [3.8, 4) is 0 Å². The van der Waals surface area contributed by atoms with Gasteiger partial charge in [-0.3, -0.25) is 9.78 Å². The van der Waals surface area contributed by atoms with Crippen LogP contribution in [-0.2, 0) is 6.54 Å². The van der Waals surface area contributed by atoms with Crippen LogP contribution < -0.4 is 10.6 Å². The lowest BCUT2D eigenvalue weighted by Gasteiger charge is -2.09. The van der Waals surface area contributed by atoms with Crippen molar-refractivity contribution in [2.75, 3.05) is 5.32 Å². The zero-order valence-corrected chi connectivity index (χ0v) is 14.4. The molecule has 0 unspecified atom stereocenters. The van der Waals surface area contributed by atoms with Gasteiger partial charge in [-0.05, 0) is 49.2 Å². The number of nitrogens with zero attached hydrogens (tertiary/aromatic N) is 1. The van der Waals surface area contributed by atoms with Crippen LogP contribution in [0.5, 0.6) is 0 Å². The lowest BCUT2D eigenvalue weighted by molar-refractivity contribution is 0.0946. The summed E-state index contributed by atoms with van der Waals surface area (Å²) < 4.78 is 0. The molecule has 4 nitrogen and oxygen atoms in total. The summed E-state index contributed by atoms with van der Waals surface area (Å²) in [5, 5.41) is 6.21. The molecule has 0 aliphatic heterocycles. The quantitative estimate of drug-likeness (QED) is 0.730. The monoisotopic (exact) mass is 331 g/mol. The molecule has 0 saturated carbocycles. The topological polar surface area (TPSA) is 54.0 Å². The molecule has 1 heterocycles. The lowest BCUT2D eigenvalue weighted by Crippen LogP contribution is -2.23. The predicted octanol–water partition coefficient (Wildman–Crippen LogP) is 4.37. The van der Waals surface area contributed by atoms with E-state index >= 15 is 0 Å². The van der Waals surface area contributed by atoms with Gasteiger partial charge in [0.1, 0.15) is 5.69 Å². The van der Waals surface area contributed by atoms with Crippen LogP contribution in [0.25, 0.3) is 0 Å². The van der Waals surface area contributed by atoms with Crippen molar-refractivity contribution in [3.63, 3.8) is 0 Å². The van der Waals surface area contributed by atoms with E-state index in [-0.39, 0.29) is 5.91 Å². The van der Waals surface area contributed by atoms with Gasteiger partial charge in [-0.25, -0.2) is 0 Å². The van der Waals surface area contributed by atoms with Gasteiger partial charge < -0.3 is 10.6 Å². The number of hydrogen-bond donors (Lipinski definition) is 2. The zero-order valence-electron chi connectivity index (χ0n) is 14.4. The Balaban J connectivity index is 1.67. The van der Waals surface area contributed by atoms with Crippen molar-refractivity contribution < 1.29 is 4.79 Å². The highest BCUT2D eigenvalue weighted by molar-refractivity contribution is 5.93. The van der Waals surface area contributed by atoms with Gasteiger partial charge in [0.15, 0.2) is 0 Å². The van der Waals surface area contributed by atoms with Crippen molar-refractivity contribution in [2.45, 2.75) is 20.4 Å². The van der Waals surface area contributed by atoms with Crippen molar-refractivity contribution in [1.82, 2.24) is 10.3 Å². The first-order chi connectivity index (χ1) is 12.1. The molecule has 0 saturated heterocycles. The van der Waals surface area contributed by atoms with Gasteiger partial charge in [-0.1, -0.05) is 42.0 Å². The third-order valence-electron chi connectivity index (χ3n) is 3.83. The summed E-state index contributed by atoms with van der Waals surface area (Å²) in [5.74, 6) is -0.186. The molecule has 3 rings (SSSR count). The van der Waals surface area contributed by atoms with Crippen LogP contribution >= 0.6 is 0 Å². The third kappa shape index (κ3) is 4.67. The molecule has 25 heavy (non-hydrogen) atoms. The van der Waals surface area contributed by atoms with Crippen molar-refractivity contribution in [2.24, 2.45) is 0 Å². The number of amides is 1. The summed E-state index contributed by atoms with van der Waals surface area (Å²) in [7, 11) is 0. The summed E-state index contributed by atoms with van der Waals surface area (Å²) in [6.07, 6.45) is 1.64. The van der Waals surface area contributed by atoms with E-state index < -0.39 is 0 Å². The average Bonchev–Trinajstić information content (AvgIpc) is 2.60. The van der Waals surface area contributed by atoms with Gasteiger partial charge in [0.05, 0.1) is 0 Å². The Morgan fingerprint density at radius 3 is 2.40 bits per heavy atom. The van der Waals surface area contributed by atoms with E-state index in [1.807, 2.05) is 56.3 Å². The molecule has 0 aliphatic rings. The highest BCUT2D eigenvalue weighted by Gasteiger charge is 2.08. The third-order valence-corrected chi connectivity index (χ3v) is 3.83. The van der Waals surface area contributed by atoms with Crippen molar-refractivity contribution >= 4 is 17.3 Å². The van der Waals surface area contributed by atoms with Crippen LogP contribution in [0.3, 0.4) is 0 Å². The van der Waals surface area contributed by atoms with E-state index in [9.17, 15) is 4.79 Å². The number of nitrogens with one attached hydrogen (secondary N) is 2. The average molecular weight is 331 g/mol. The van der Waals surface area contributed by atoms with Crippen LogP contribution in [0.2, 0.25) is 0 Å². The molecule has 0 fully saturated rings. The summed E-state index contributed by atoms with van der Waals surface area (Å²) in [5.41, 5.74) is 5.63. The normalized spacial score (nSPS) is 10.3. The number of aryl methyl sites for hydroxylation is 2. The fourth-order valence-electron chi connectivity index (χ4n) is 2.62. The lowest BCUT2D eigenvalue weighted by atomic mass is 10.1. The largest absolute Gasteiger partial charge is 0.355 e. The van der Waals surface area contributed by atoms with E-state index in [1.165, 1.54) is 11.1 Å². The van der Waals surface area contributed by atoms with Gasteiger partial charge in [0.2, 0.25) is 0 Å². The number of pyridine rings is 1. The Bertz CT molecular complexity index is 890. The maximum Gasteiger partial charge on any atom is 0.270 e. The highest BCUT2D eigenvalue weighted by atomic mass is 16.1. The minimum absolute atomic E-state index is 0.186. The summed E-state index contributed by atoms with van der Waals surface area (Å²) in [4.78, 5) is 16.5. The van der Waals surface area contributed by atoms with Crippen molar-refractivity contribution in [3.05, 3.63) is 89.2 Å². The molecule has 0 spiro atoms. The first-order valence-electron chi connectivity index (χ1n) is 8.24. The number of rotatable bonds is 5. The Hall–Kier alpha value is -3.14. The molecule has 126 valence electrons. The number of hydrogen-bond acceptors (Lipinski definition) is 3. The number of carbonyl (C=O) groups is 1. The molecule has 2 aromatic carbocycles. The maximum absolute atomic E-state index is 12.4. The minimum Gasteiger partial charge on any atom is -0.355 e. The van der Waals surface area contributed by atoms with E-state index in [1.54, 1.807) is 12.3 Å². The second-order valence-corrected chi connectivity index (χ2v) is 6.10. The Morgan fingerprint density at radius 1 is 0.920 bits per heavy atom. The van der Waals surface area contributed by atoms with Crippen LogP contribution in [0, 0.1) is 13.8 Å². The first-order valence-corrected chi connectivity index (χ1v) is 8.24. The fourth-order valence-corrected chi connectivity index (χ4v) is 2.62. The molecule has 0 radical (unpaired) electrons. The van der Waals surface area contributed by atoms with Crippen LogP contribution in [-0.4, -0.2) is 10.9 Å². The molecule has 1 aromatic heterocycles. The van der Waals surface area contributed by atoms with E-state index in [2.05, 4.69) is 27.8 Å². The number of carbonyl (C=O) groups excluding carboxylic acids is 1. The summed E-state index contributed by atoms with van der Waals surface area (Å²) in [6, 6.07) is 19.8. The highest BCUT2D eigenvalue weighted by Crippen LogP contribution is 2.17. The number of anilines is 2. The molecule has 1 amide bonds. The van der Waals surface area contributed by atoms with E-state index in [0.717, 1.165) is 16.9 Å². The van der Waals surface area contributed by atoms with Gasteiger partial charge in [-0.15, -0.1) is 0 Å². The number of benzene rings is 2. The Labute approximate surface area is 147 Å². The molecule has 0 bridgehead atoms. The van der Waals surface area contributed by atoms with Crippen LogP contribution in [0.15, 0.2) is 66.9 Å². The molecule has 0 atom stereocenters. The molecular formula is C21H21N3O. The second-order valence-electron chi connectivity index (χ2n) is 6.10. The van der Waals surface area contributed by atoms with E-state index in [0.29, 0.717) is 12.2 Å². The number of aromatic nitrogens is 1. The molecule has 3 aromatic rings. The van der Waals surface area contributed by atoms with Crippen molar-refractivity contribution in [1.29, 1.82) is 0 Å². The zero-order chi connectivity index (χ0) is 17.6. The summed E-state index contributed by atoms with van der Waals surface area (Å²) >= 11 is 0. The van der Waals surface area contributed by atoms with Crippen LogP contribution in [0.4, 0.5) is 11.4 Å². The molecular weight excluding hydrogens is 310 g/mol. The Kier molecular flexibility index (Phi) is 5.09. The summed E-state index contributed by atoms with van der Waals surface area (Å²) in [6.45, 7) is 4.56. The first kappa shape index (κ1) is 16.7. The second kappa shape index (κ2) is 7.62. The molecule has 4 heteroatoms. The van der Waals surface area contributed by atoms with Gasteiger partial charge in [-0.2, -0.15) is 0 Å². The maximum atomic E-state index is 12.4. The van der Waals surface area contributed by atoms with Crippen LogP contribution in [0.1, 0.15) is 27.2 Å².